The van der Waals surface area contributed by atoms with E-state index in [1.807, 2.05) is 19.1 Å². The molecule has 2 aromatic rings. The molecule has 0 fully saturated rings. The summed E-state index contributed by atoms with van der Waals surface area (Å²) in [6, 6.07) is 7.15. The number of sulfonamides is 1. The predicted octanol–water partition coefficient (Wildman–Crippen LogP) is 2.86. The predicted molar refractivity (Wildman–Crippen MR) is 89.3 cm³/mol. The summed E-state index contributed by atoms with van der Waals surface area (Å²) >= 11 is 4.99. The Hall–Kier alpha value is -0.960. The topological polar surface area (TPSA) is 71.1 Å². The summed E-state index contributed by atoms with van der Waals surface area (Å²) in [6.07, 6.45) is 2.03. The van der Waals surface area contributed by atoms with E-state index in [-0.39, 0.29) is 4.90 Å². The van der Waals surface area contributed by atoms with Gasteiger partial charge < -0.3 is 5.32 Å². The lowest BCUT2D eigenvalue weighted by Gasteiger charge is -2.07. The minimum absolute atomic E-state index is 0.177. The summed E-state index contributed by atoms with van der Waals surface area (Å²) in [5.74, 6) is 0.667. The van der Waals surface area contributed by atoms with Gasteiger partial charge in [-0.3, -0.25) is 0 Å². The maximum Gasteiger partial charge on any atom is 0.242 e. The fraction of sp³-hybridized carbons (Fsp3) is 0.308. The average Bonchev–Trinajstić information content (AvgIpc) is 2.85. The van der Waals surface area contributed by atoms with Gasteiger partial charge in [0.05, 0.1) is 3.79 Å². The van der Waals surface area contributed by atoms with Gasteiger partial charge in [0.15, 0.2) is 0 Å². The highest BCUT2D eigenvalue weighted by Crippen LogP contribution is 2.22. The molecule has 0 radical (unpaired) electrons. The monoisotopic (exact) mass is 389 g/mol. The number of nitrogens with one attached hydrogen (secondary N) is 2. The number of aromatic nitrogens is 1. The number of halogens is 1. The molecule has 8 heteroatoms. The highest BCUT2D eigenvalue weighted by molar-refractivity contribution is 9.11. The molecule has 0 saturated heterocycles. The molecule has 2 N–H and O–H groups in total. The van der Waals surface area contributed by atoms with E-state index >= 15 is 0 Å². The van der Waals surface area contributed by atoms with E-state index in [1.54, 1.807) is 23.5 Å². The quantitative estimate of drug-likeness (QED) is 0.763. The van der Waals surface area contributed by atoms with Crippen molar-refractivity contribution in [3.05, 3.63) is 39.1 Å². The first kappa shape index (κ1) is 16.4. The second kappa shape index (κ2) is 7.35. The number of hydrogen-bond donors (Lipinski definition) is 2. The largest absolute Gasteiger partial charge is 0.370 e. The maximum atomic E-state index is 12.1. The second-order valence-corrected chi connectivity index (χ2v) is 8.58. The summed E-state index contributed by atoms with van der Waals surface area (Å²) in [6.45, 7) is 3.06. The van der Waals surface area contributed by atoms with Crippen LogP contribution in [0.4, 0.5) is 5.82 Å². The van der Waals surface area contributed by atoms with Crippen LogP contribution < -0.4 is 10.0 Å². The van der Waals surface area contributed by atoms with Gasteiger partial charge in [-0.1, -0.05) is 0 Å². The van der Waals surface area contributed by atoms with Crippen molar-refractivity contribution in [2.75, 3.05) is 18.4 Å². The Balaban J connectivity index is 1.94. The number of hydrogen-bond acceptors (Lipinski definition) is 5. The fourth-order valence-corrected chi connectivity index (χ4v) is 4.16. The molecule has 2 rings (SSSR count). The van der Waals surface area contributed by atoms with Crippen LogP contribution in [0.1, 0.15) is 11.8 Å². The fourth-order valence-electron chi connectivity index (χ4n) is 1.70. The highest BCUT2D eigenvalue weighted by atomic mass is 79.9. The third kappa shape index (κ3) is 4.77. The average molecular weight is 390 g/mol. The SMILES string of the molecule is CCNc1ccc(S(=O)(=O)NCCc2ccc(Br)s2)cn1. The molecule has 114 valence electrons. The Morgan fingerprint density at radius 3 is 2.67 bits per heavy atom. The number of nitrogens with zero attached hydrogens (tertiary/aromatic N) is 1. The molecular formula is C13H16BrN3O2S2. The Morgan fingerprint density at radius 2 is 2.10 bits per heavy atom. The summed E-state index contributed by atoms with van der Waals surface area (Å²) in [7, 11) is -3.50. The van der Waals surface area contributed by atoms with Gasteiger partial charge in [0.2, 0.25) is 10.0 Å². The number of thiophene rings is 1. The molecule has 0 bridgehead atoms. The molecule has 0 atom stereocenters. The Kier molecular flexibility index (Phi) is 5.74. The smallest absolute Gasteiger partial charge is 0.242 e. The first-order valence-electron chi connectivity index (χ1n) is 6.45. The Labute approximate surface area is 137 Å². The zero-order valence-corrected chi connectivity index (χ0v) is 14.7. The Morgan fingerprint density at radius 1 is 1.29 bits per heavy atom. The third-order valence-electron chi connectivity index (χ3n) is 2.70. The highest BCUT2D eigenvalue weighted by Gasteiger charge is 2.14. The van der Waals surface area contributed by atoms with Crippen molar-refractivity contribution in [1.82, 2.24) is 9.71 Å². The van der Waals surface area contributed by atoms with Crippen LogP contribution in [-0.4, -0.2) is 26.5 Å². The van der Waals surface area contributed by atoms with Crippen LogP contribution in [-0.2, 0) is 16.4 Å². The van der Waals surface area contributed by atoms with Crippen molar-refractivity contribution >= 4 is 43.1 Å². The van der Waals surface area contributed by atoms with E-state index in [0.29, 0.717) is 18.8 Å². The van der Waals surface area contributed by atoms with E-state index in [9.17, 15) is 8.42 Å². The Bertz CT molecular complexity index is 684. The molecule has 0 spiro atoms. The van der Waals surface area contributed by atoms with E-state index in [4.69, 9.17) is 0 Å². The second-order valence-electron chi connectivity index (χ2n) is 4.26. The van der Waals surface area contributed by atoms with Crippen molar-refractivity contribution < 1.29 is 8.42 Å². The summed E-state index contributed by atoms with van der Waals surface area (Å²) < 4.78 is 27.9. The molecular weight excluding hydrogens is 374 g/mol. The molecule has 0 aromatic carbocycles. The van der Waals surface area contributed by atoms with Gasteiger partial charge in [0.25, 0.3) is 0 Å². The minimum Gasteiger partial charge on any atom is -0.370 e. The van der Waals surface area contributed by atoms with Gasteiger partial charge in [-0.25, -0.2) is 18.1 Å². The van der Waals surface area contributed by atoms with E-state index < -0.39 is 10.0 Å². The van der Waals surface area contributed by atoms with Crippen LogP contribution in [0.15, 0.2) is 39.1 Å². The lowest BCUT2D eigenvalue weighted by molar-refractivity contribution is 0.581. The van der Waals surface area contributed by atoms with Gasteiger partial charge in [-0.15, -0.1) is 11.3 Å². The van der Waals surface area contributed by atoms with Crippen LogP contribution >= 0.6 is 27.3 Å². The van der Waals surface area contributed by atoms with Crippen LogP contribution in [0.2, 0.25) is 0 Å². The van der Waals surface area contributed by atoms with Crippen LogP contribution in [0.25, 0.3) is 0 Å². The maximum absolute atomic E-state index is 12.1. The van der Waals surface area contributed by atoms with Gasteiger partial charge >= 0.3 is 0 Å². The first-order valence-corrected chi connectivity index (χ1v) is 9.54. The summed E-state index contributed by atoms with van der Waals surface area (Å²) in [4.78, 5) is 5.38. The molecule has 0 amide bonds. The van der Waals surface area contributed by atoms with Crippen molar-refractivity contribution in [2.45, 2.75) is 18.2 Å². The van der Waals surface area contributed by atoms with Crippen LogP contribution in [0.5, 0.6) is 0 Å². The standard InChI is InChI=1S/C13H16BrN3O2S2/c1-2-15-13-6-4-11(9-16-13)21(18,19)17-8-7-10-3-5-12(14)20-10/h3-6,9,17H,2,7-8H2,1H3,(H,15,16). The van der Waals surface area contributed by atoms with E-state index in [0.717, 1.165) is 15.2 Å². The number of pyridine rings is 1. The minimum atomic E-state index is -3.50. The number of anilines is 1. The molecule has 2 aromatic heterocycles. The van der Waals surface area contributed by atoms with Crippen LogP contribution in [0, 0.1) is 0 Å². The normalized spacial score (nSPS) is 11.5. The van der Waals surface area contributed by atoms with Crippen LogP contribution in [0.3, 0.4) is 0 Å². The zero-order chi connectivity index (χ0) is 15.3. The molecule has 21 heavy (non-hydrogen) atoms. The van der Waals surface area contributed by atoms with Gasteiger partial charge in [-0.05, 0) is 53.5 Å². The summed E-state index contributed by atoms with van der Waals surface area (Å²) in [5.41, 5.74) is 0. The van der Waals surface area contributed by atoms with Crippen molar-refractivity contribution in [3.63, 3.8) is 0 Å². The van der Waals surface area contributed by atoms with E-state index in [1.165, 1.54) is 6.20 Å². The lowest BCUT2D eigenvalue weighted by Crippen LogP contribution is -2.26. The molecule has 0 aliphatic carbocycles. The van der Waals surface area contributed by atoms with E-state index in [2.05, 4.69) is 31.0 Å². The zero-order valence-electron chi connectivity index (χ0n) is 11.5. The third-order valence-corrected chi connectivity index (χ3v) is 5.83. The molecule has 0 aliphatic rings. The van der Waals surface area contributed by atoms with Crippen molar-refractivity contribution in [1.29, 1.82) is 0 Å². The lowest BCUT2D eigenvalue weighted by atomic mass is 10.3. The summed E-state index contributed by atoms with van der Waals surface area (Å²) in [5, 5.41) is 3.02. The molecule has 2 heterocycles. The first-order chi connectivity index (χ1) is 10.0. The van der Waals surface area contributed by atoms with Crippen molar-refractivity contribution in [2.24, 2.45) is 0 Å². The molecule has 0 unspecified atom stereocenters. The molecule has 0 aliphatic heterocycles. The molecule has 0 saturated carbocycles. The van der Waals surface area contributed by atoms with Gasteiger partial charge in [-0.2, -0.15) is 0 Å². The van der Waals surface area contributed by atoms with Gasteiger partial charge in [0.1, 0.15) is 10.7 Å². The van der Waals surface area contributed by atoms with Crippen molar-refractivity contribution in [3.8, 4) is 0 Å². The van der Waals surface area contributed by atoms with Gasteiger partial charge in [0, 0.05) is 24.2 Å². The number of rotatable bonds is 7. The molecule has 5 nitrogen and oxygen atoms in total.